The number of hydrogen-bond donors (Lipinski definition) is 0. The van der Waals surface area contributed by atoms with Gasteiger partial charge in [0.2, 0.25) is 0 Å². The predicted molar refractivity (Wildman–Crippen MR) is 74.2 cm³/mol. The second kappa shape index (κ2) is 3.95. The van der Waals surface area contributed by atoms with Gasteiger partial charge in [0.15, 0.2) is 0 Å². The topological polar surface area (TPSA) is 21.6 Å². The summed E-state index contributed by atoms with van der Waals surface area (Å²) in [6, 6.07) is 8.22. The smallest absolute Gasteiger partial charge is 0.0979 e. The van der Waals surface area contributed by atoms with Gasteiger partial charge in [-0.25, -0.2) is 4.99 Å². The number of para-hydroxylation sites is 1. The number of ether oxygens (including phenoxy) is 1. The molecule has 2 heterocycles. The SMILES string of the molecule is C1=CC2=CC=C3N=c4ccccc4=C3C=CC2=CO1. The molecule has 0 saturated heterocycles. The third kappa shape index (κ3) is 1.61. The summed E-state index contributed by atoms with van der Waals surface area (Å²) in [6.45, 7) is 0. The van der Waals surface area contributed by atoms with Crippen LogP contribution in [0.5, 0.6) is 0 Å². The number of benzene rings is 1. The van der Waals surface area contributed by atoms with Crippen LogP contribution in [0.4, 0.5) is 0 Å². The zero-order valence-electron chi connectivity index (χ0n) is 10.2. The van der Waals surface area contributed by atoms with Gasteiger partial charge in [-0.2, -0.15) is 0 Å². The summed E-state index contributed by atoms with van der Waals surface area (Å²) in [5, 5.41) is 2.23. The van der Waals surface area contributed by atoms with Gasteiger partial charge in [-0.05, 0) is 23.8 Å². The maximum Gasteiger partial charge on any atom is 0.0979 e. The first-order valence-electron chi connectivity index (χ1n) is 6.23. The Bertz CT molecular complexity index is 832. The molecule has 1 aromatic carbocycles. The molecule has 0 bridgehead atoms. The largest absolute Gasteiger partial charge is 0.472 e. The molecule has 0 amide bonds. The van der Waals surface area contributed by atoms with E-state index in [4.69, 9.17) is 4.74 Å². The quantitative estimate of drug-likeness (QED) is 0.687. The van der Waals surface area contributed by atoms with Gasteiger partial charge in [0, 0.05) is 16.4 Å². The second-order valence-electron chi connectivity index (χ2n) is 4.56. The van der Waals surface area contributed by atoms with E-state index in [0.717, 1.165) is 22.2 Å². The Morgan fingerprint density at radius 3 is 2.84 bits per heavy atom. The minimum absolute atomic E-state index is 1.02. The van der Waals surface area contributed by atoms with Crippen molar-refractivity contribution in [3.63, 3.8) is 0 Å². The lowest BCUT2D eigenvalue weighted by molar-refractivity contribution is 0.395. The normalized spacial score (nSPS) is 18.7. The average Bonchev–Trinajstić information content (AvgIpc) is 2.78. The zero-order valence-corrected chi connectivity index (χ0v) is 10.2. The fourth-order valence-electron chi connectivity index (χ4n) is 2.45. The molecular formula is C17H11NO. The fourth-order valence-corrected chi connectivity index (χ4v) is 2.45. The summed E-state index contributed by atoms with van der Waals surface area (Å²) in [5.74, 6) is 0. The third-order valence-electron chi connectivity index (χ3n) is 3.42. The molecule has 2 nitrogen and oxygen atoms in total. The Morgan fingerprint density at radius 1 is 0.895 bits per heavy atom. The van der Waals surface area contributed by atoms with Crippen LogP contribution in [0, 0.1) is 0 Å². The van der Waals surface area contributed by atoms with E-state index in [1.54, 1.807) is 12.5 Å². The van der Waals surface area contributed by atoms with Crippen molar-refractivity contribution in [3.8, 4) is 0 Å². The molecule has 0 atom stereocenters. The van der Waals surface area contributed by atoms with Crippen molar-refractivity contribution >= 4 is 5.57 Å². The van der Waals surface area contributed by atoms with Crippen LogP contribution in [0.15, 0.2) is 89.0 Å². The van der Waals surface area contributed by atoms with Gasteiger partial charge in [-0.15, -0.1) is 0 Å². The van der Waals surface area contributed by atoms with Crippen molar-refractivity contribution in [1.82, 2.24) is 0 Å². The molecule has 19 heavy (non-hydrogen) atoms. The first-order chi connectivity index (χ1) is 9.42. The Morgan fingerprint density at radius 2 is 1.84 bits per heavy atom. The van der Waals surface area contributed by atoms with Crippen molar-refractivity contribution in [2.45, 2.75) is 0 Å². The lowest BCUT2D eigenvalue weighted by atomic mass is 10.00. The van der Waals surface area contributed by atoms with Crippen LogP contribution in [-0.4, -0.2) is 0 Å². The maximum absolute atomic E-state index is 5.23. The summed E-state index contributed by atoms with van der Waals surface area (Å²) in [7, 11) is 0. The highest BCUT2D eigenvalue weighted by atomic mass is 16.5. The molecule has 1 aliphatic carbocycles. The van der Waals surface area contributed by atoms with Crippen LogP contribution < -0.4 is 10.6 Å². The summed E-state index contributed by atoms with van der Waals surface area (Å²) >= 11 is 0. The highest BCUT2D eigenvalue weighted by Gasteiger charge is 2.12. The van der Waals surface area contributed by atoms with Gasteiger partial charge >= 0.3 is 0 Å². The Hall–Kier alpha value is -2.61. The summed E-state index contributed by atoms with van der Waals surface area (Å²) < 4.78 is 5.23. The van der Waals surface area contributed by atoms with E-state index in [-0.39, 0.29) is 0 Å². The van der Waals surface area contributed by atoms with Crippen LogP contribution in [-0.2, 0) is 4.74 Å². The molecule has 0 radical (unpaired) electrons. The van der Waals surface area contributed by atoms with Crippen molar-refractivity contribution in [2.24, 2.45) is 4.99 Å². The number of hydrogen-bond acceptors (Lipinski definition) is 2. The molecular weight excluding hydrogens is 234 g/mol. The van der Waals surface area contributed by atoms with Gasteiger partial charge < -0.3 is 4.74 Å². The van der Waals surface area contributed by atoms with Gasteiger partial charge in [-0.3, -0.25) is 0 Å². The molecule has 0 spiro atoms. The highest BCUT2D eigenvalue weighted by Crippen LogP contribution is 2.25. The third-order valence-corrected chi connectivity index (χ3v) is 3.42. The number of fused-ring (bicyclic) bond motifs is 3. The number of allylic oxidation sites excluding steroid dienone is 7. The minimum Gasteiger partial charge on any atom is -0.472 e. The maximum atomic E-state index is 5.23. The molecule has 90 valence electrons. The Kier molecular flexibility index (Phi) is 2.15. The van der Waals surface area contributed by atoms with Crippen molar-refractivity contribution < 1.29 is 4.74 Å². The molecule has 0 fully saturated rings. The van der Waals surface area contributed by atoms with Gasteiger partial charge in [-0.1, -0.05) is 36.4 Å². The second-order valence-corrected chi connectivity index (χ2v) is 4.56. The predicted octanol–water partition coefficient (Wildman–Crippen LogP) is 2.28. The Labute approximate surface area is 110 Å². The van der Waals surface area contributed by atoms with Crippen LogP contribution in [0.3, 0.4) is 0 Å². The first kappa shape index (κ1) is 10.3. The lowest BCUT2D eigenvalue weighted by Gasteiger charge is -2.10. The molecule has 0 saturated carbocycles. The molecule has 0 unspecified atom stereocenters. The van der Waals surface area contributed by atoms with Crippen LogP contribution >= 0.6 is 0 Å². The van der Waals surface area contributed by atoms with E-state index in [1.165, 1.54) is 10.8 Å². The van der Waals surface area contributed by atoms with Gasteiger partial charge in [0.05, 0.1) is 23.6 Å². The summed E-state index contributed by atoms with van der Waals surface area (Å²) in [4.78, 5) is 4.67. The zero-order chi connectivity index (χ0) is 12.7. The number of nitrogens with zero attached hydrogens (tertiary/aromatic N) is 1. The summed E-state index contributed by atoms with van der Waals surface area (Å²) in [5.41, 5.74) is 4.40. The molecule has 2 heteroatoms. The van der Waals surface area contributed by atoms with Crippen LogP contribution in [0.25, 0.3) is 5.57 Å². The number of rotatable bonds is 0. The van der Waals surface area contributed by atoms with Gasteiger partial charge in [0.1, 0.15) is 0 Å². The summed E-state index contributed by atoms with van der Waals surface area (Å²) in [6.07, 6.45) is 13.8. The molecule has 1 aromatic rings. The fraction of sp³-hybridized carbons (Fsp3) is 0. The van der Waals surface area contributed by atoms with Crippen LogP contribution in [0.1, 0.15) is 0 Å². The molecule has 3 aliphatic rings. The van der Waals surface area contributed by atoms with Crippen molar-refractivity contribution in [2.75, 3.05) is 0 Å². The molecule has 2 aliphatic heterocycles. The molecule has 4 rings (SSSR count). The van der Waals surface area contributed by atoms with E-state index in [1.807, 2.05) is 24.3 Å². The van der Waals surface area contributed by atoms with E-state index in [9.17, 15) is 0 Å². The van der Waals surface area contributed by atoms with E-state index in [2.05, 4.69) is 35.4 Å². The van der Waals surface area contributed by atoms with Crippen molar-refractivity contribution in [3.05, 3.63) is 94.6 Å². The molecule has 0 N–H and O–H groups in total. The van der Waals surface area contributed by atoms with Crippen LogP contribution in [0.2, 0.25) is 0 Å². The van der Waals surface area contributed by atoms with E-state index in [0.29, 0.717) is 0 Å². The minimum atomic E-state index is 1.02. The van der Waals surface area contributed by atoms with Crippen molar-refractivity contribution in [1.29, 1.82) is 0 Å². The molecule has 0 aromatic heterocycles. The van der Waals surface area contributed by atoms with E-state index >= 15 is 0 Å². The standard InChI is InChI=1S/C17H11NO/c1-2-4-16-14(3-1)15-7-5-13-11-19-10-9-12(13)6-8-17(15)18-16/h1-11H. The highest BCUT2D eigenvalue weighted by molar-refractivity contribution is 5.76. The van der Waals surface area contributed by atoms with Gasteiger partial charge in [0.25, 0.3) is 0 Å². The Balaban J connectivity index is 2.01. The van der Waals surface area contributed by atoms with E-state index < -0.39 is 0 Å². The monoisotopic (exact) mass is 245 g/mol. The average molecular weight is 245 g/mol. The lowest BCUT2D eigenvalue weighted by Crippen LogP contribution is -2.21. The first-order valence-corrected chi connectivity index (χ1v) is 6.23.